The van der Waals surface area contributed by atoms with Gasteiger partial charge in [0.2, 0.25) is 0 Å². The number of esters is 1. The van der Waals surface area contributed by atoms with Crippen LogP contribution in [0.4, 0.5) is 5.69 Å². The van der Waals surface area contributed by atoms with Crippen LogP contribution in [-0.4, -0.2) is 18.2 Å². The smallest absolute Gasteiger partial charge is 0.337 e. The molecule has 0 unspecified atom stereocenters. The molecule has 0 aliphatic rings. The number of carbonyl (C=O) groups is 1. The molecule has 5 heteroatoms. The van der Waals surface area contributed by atoms with Crippen molar-refractivity contribution in [3.63, 3.8) is 0 Å². The first-order valence-electron chi connectivity index (χ1n) is 8.28. The van der Waals surface area contributed by atoms with Crippen LogP contribution in [-0.2, 0) is 4.74 Å². The van der Waals surface area contributed by atoms with E-state index in [1.54, 1.807) is 12.1 Å². The third kappa shape index (κ3) is 4.79. The van der Waals surface area contributed by atoms with Gasteiger partial charge < -0.3 is 15.4 Å². The normalized spacial score (nSPS) is 11.5. The lowest BCUT2D eigenvalue weighted by molar-refractivity contribution is 0.0601. The maximum Gasteiger partial charge on any atom is 0.337 e. The second-order valence-corrected chi connectivity index (χ2v) is 6.35. The fourth-order valence-electron chi connectivity index (χ4n) is 2.70. The highest BCUT2D eigenvalue weighted by Gasteiger charge is 2.14. The molecule has 2 aromatic carbocycles. The van der Waals surface area contributed by atoms with E-state index in [0.29, 0.717) is 10.7 Å². The molecule has 2 N–H and O–H groups in total. The summed E-state index contributed by atoms with van der Waals surface area (Å²) in [7, 11) is 1.37. The van der Waals surface area contributed by atoms with Gasteiger partial charge in [-0.25, -0.2) is 4.79 Å². The molecular formula is C20H24N2O2S. The fraction of sp³-hybridized carbons (Fsp3) is 0.300. The first-order valence-corrected chi connectivity index (χ1v) is 8.69. The minimum absolute atomic E-state index is 0.130. The number of hydrogen-bond donors (Lipinski definition) is 2. The highest BCUT2D eigenvalue weighted by atomic mass is 32.1. The second-order valence-electron chi connectivity index (χ2n) is 5.94. The van der Waals surface area contributed by atoms with Gasteiger partial charge in [-0.2, -0.15) is 0 Å². The Morgan fingerprint density at radius 1 is 1.16 bits per heavy atom. The zero-order chi connectivity index (χ0) is 18.4. The van der Waals surface area contributed by atoms with Crippen molar-refractivity contribution in [1.82, 2.24) is 5.32 Å². The zero-order valence-electron chi connectivity index (χ0n) is 15.1. The molecule has 4 nitrogen and oxygen atoms in total. The summed E-state index contributed by atoms with van der Waals surface area (Å²) in [5.41, 5.74) is 4.74. The summed E-state index contributed by atoms with van der Waals surface area (Å²) in [5.74, 6) is -0.367. The Labute approximate surface area is 154 Å². The van der Waals surface area contributed by atoms with Gasteiger partial charge in [-0.05, 0) is 61.3 Å². The van der Waals surface area contributed by atoms with Gasteiger partial charge in [0.25, 0.3) is 0 Å². The van der Waals surface area contributed by atoms with Crippen LogP contribution in [0, 0.1) is 13.8 Å². The molecule has 0 radical (unpaired) electrons. The van der Waals surface area contributed by atoms with E-state index >= 15 is 0 Å². The molecule has 0 aliphatic carbocycles. The summed E-state index contributed by atoms with van der Waals surface area (Å²) in [5, 5.41) is 7.09. The van der Waals surface area contributed by atoms with Crippen LogP contribution in [0.2, 0.25) is 0 Å². The van der Waals surface area contributed by atoms with Gasteiger partial charge in [-0.3, -0.25) is 0 Å². The number of aryl methyl sites for hydroxylation is 2. The molecule has 25 heavy (non-hydrogen) atoms. The van der Waals surface area contributed by atoms with E-state index in [2.05, 4.69) is 36.6 Å². The largest absolute Gasteiger partial charge is 0.465 e. The quantitative estimate of drug-likeness (QED) is 0.609. The molecule has 0 saturated heterocycles. The minimum Gasteiger partial charge on any atom is -0.465 e. The molecule has 132 valence electrons. The molecule has 0 bridgehead atoms. The van der Waals surface area contributed by atoms with Gasteiger partial charge in [0.1, 0.15) is 0 Å². The molecule has 0 aromatic heterocycles. The van der Waals surface area contributed by atoms with Gasteiger partial charge in [-0.1, -0.05) is 37.3 Å². The molecule has 1 atom stereocenters. The molecular weight excluding hydrogens is 332 g/mol. The number of thiocarbonyl (C=S) groups is 1. The van der Waals surface area contributed by atoms with Crippen LogP contribution >= 0.6 is 12.2 Å². The van der Waals surface area contributed by atoms with Gasteiger partial charge in [0.05, 0.1) is 18.7 Å². The summed E-state index contributed by atoms with van der Waals surface area (Å²) in [6.45, 7) is 6.18. The third-order valence-electron chi connectivity index (χ3n) is 4.18. The molecule has 0 amide bonds. The van der Waals surface area contributed by atoms with Crippen molar-refractivity contribution >= 4 is 29.0 Å². The van der Waals surface area contributed by atoms with Crippen molar-refractivity contribution in [1.29, 1.82) is 0 Å². The van der Waals surface area contributed by atoms with Crippen LogP contribution in [0.25, 0.3) is 0 Å². The van der Waals surface area contributed by atoms with Crippen LogP contribution in [0.5, 0.6) is 0 Å². The number of hydrogen-bond acceptors (Lipinski definition) is 3. The monoisotopic (exact) mass is 356 g/mol. The Kier molecular flexibility index (Phi) is 6.53. The number of benzene rings is 2. The Hall–Kier alpha value is -2.40. The lowest BCUT2D eigenvalue weighted by Crippen LogP contribution is -2.32. The summed E-state index contributed by atoms with van der Waals surface area (Å²) in [6, 6.07) is 13.8. The van der Waals surface area contributed by atoms with E-state index < -0.39 is 0 Å². The number of methoxy groups -OCH3 is 1. The Balaban J connectivity index is 2.14. The van der Waals surface area contributed by atoms with E-state index in [4.69, 9.17) is 17.0 Å². The maximum atomic E-state index is 11.7. The summed E-state index contributed by atoms with van der Waals surface area (Å²) in [6.07, 6.45) is 0.911. The number of rotatable bonds is 5. The molecule has 0 spiro atoms. The molecule has 2 rings (SSSR count). The van der Waals surface area contributed by atoms with Crippen LogP contribution in [0.1, 0.15) is 46.4 Å². The summed E-state index contributed by atoms with van der Waals surface area (Å²) >= 11 is 5.48. The second kappa shape index (κ2) is 8.62. The van der Waals surface area contributed by atoms with Crippen molar-refractivity contribution in [3.8, 4) is 0 Å². The predicted molar refractivity (Wildman–Crippen MR) is 106 cm³/mol. The average molecular weight is 356 g/mol. The standard InChI is InChI=1S/C20H24N2O2S/c1-5-17(16-9-7-6-8-13(16)2)21-20(25)22-18-12-15(19(23)24-4)11-10-14(18)3/h6-12,17H,5H2,1-4H3,(H2,21,22,25)/t17-/m0/s1. The van der Waals surface area contributed by atoms with Crippen molar-refractivity contribution in [2.24, 2.45) is 0 Å². The van der Waals surface area contributed by atoms with Crippen molar-refractivity contribution < 1.29 is 9.53 Å². The Morgan fingerprint density at radius 2 is 1.88 bits per heavy atom. The van der Waals surface area contributed by atoms with Crippen LogP contribution < -0.4 is 10.6 Å². The lowest BCUT2D eigenvalue weighted by Gasteiger charge is -2.22. The van der Waals surface area contributed by atoms with Crippen LogP contribution in [0.3, 0.4) is 0 Å². The highest BCUT2D eigenvalue weighted by Crippen LogP contribution is 2.21. The Morgan fingerprint density at radius 3 is 2.52 bits per heavy atom. The maximum absolute atomic E-state index is 11.7. The van der Waals surface area contributed by atoms with E-state index in [0.717, 1.165) is 17.7 Å². The van der Waals surface area contributed by atoms with Gasteiger partial charge in [0.15, 0.2) is 5.11 Å². The van der Waals surface area contributed by atoms with Gasteiger partial charge in [-0.15, -0.1) is 0 Å². The predicted octanol–water partition coefficient (Wildman–Crippen LogP) is 4.53. The number of carbonyl (C=O) groups excluding carboxylic acids is 1. The molecule has 0 heterocycles. The van der Waals surface area contributed by atoms with Gasteiger partial charge >= 0.3 is 5.97 Å². The van der Waals surface area contributed by atoms with Gasteiger partial charge in [0, 0.05) is 5.69 Å². The molecule has 0 fully saturated rings. The van der Waals surface area contributed by atoms with E-state index in [1.807, 2.05) is 25.1 Å². The fourth-order valence-corrected chi connectivity index (χ4v) is 2.95. The minimum atomic E-state index is -0.367. The van der Waals surface area contributed by atoms with Crippen molar-refractivity contribution in [3.05, 3.63) is 64.7 Å². The van der Waals surface area contributed by atoms with Crippen LogP contribution in [0.15, 0.2) is 42.5 Å². The first kappa shape index (κ1) is 18.9. The van der Waals surface area contributed by atoms with E-state index in [-0.39, 0.29) is 12.0 Å². The van der Waals surface area contributed by atoms with Crippen molar-refractivity contribution in [2.75, 3.05) is 12.4 Å². The summed E-state index contributed by atoms with van der Waals surface area (Å²) < 4.78 is 4.77. The number of anilines is 1. The highest BCUT2D eigenvalue weighted by molar-refractivity contribution is 7.80. The van der Waals surface area contributed by atoms with E-state index in [9.17, 15) is 4.79 Å². The molecule has 2 aromatic rings. The molecule has 0 saturated carbocycles. The lowest BCUT2D eigenvalue weighted by atomic mass is 9.99. The Bertz CT molecular complexity index is 774. The SMILES string of the molecule is CC[C@H](NC(=S)Nc1cc(C(=O)OC)ccc1C)c1ccccc1C. The zero-order valence-corrected chi connectivity index (χ0v) is 15.9. The number of nitrogens with one attached hydrogen (secondary N) is 2. The number of ether oxygens (including phenoxy) is 1. The average Bonchev–Trinajstić information content (AvgIpc) is 2.61. The van der Waals surface area contributed by atoms with E-state index in [1.165, 1.54) is 18.2 Å². The topological polar surface area (TPSA) is 50.4 Å². The molecule has 0 aliphatic heterocycles. The van der Waals surface area contributed by atoms with Crippen molar-refractivity contribution in [2.45, 2.75) is 33.2 Å². The summed E-state index contributed by atoms with van der Waals surface area (Å²) in [4.78, 5) is 11.7. The third-order valence-corrected chi connectivity index (χ3v) is 4.40. The first-order chi connectivity index (χ1) is 12.0.